The lowest BCUT2D eigenvalue weighted by Crippen LogP contribution is -2.35. The third-order valence-electron chi connectivity index (χ3n) is 3.45. The van der Waals surface area contributed by atoms with Crippen molar-refractivity contribution in [1.29, 1.82) is 0 Å². The largest absolute Gasteiger partial charge is 0.386 e. The van der Waals surface area contributed by atoms with Gasteiger partial charge in [-0.05, 0) is 6.07 Å². The standard InChI is InChI=1S/C15H15N3O6/c19-12(10-3-1-2-4-11(10)18(23)24)9-16-13(20)7-8-17-14(21)5-6-15(17)22/h1-6,12,19H,7-9H2,(H,16,20). The maximum Gasteiger partial charge on any atom is 0.275 e. The van der Waals surface area contributed by atoms with Crippen LogP contribution >= 0.6 is 0 Å². The summed E-state index contributed by atoms with van der Waals surface area (Å²) in [6.45, 7) is -0.290. The van der Waals surface area contributed by atoms with Crippen molar-refractivity contribution in [2.45, 2.75) is 12.5 Å². The van der Waals surface area contributed by atoms with Crippen molar-refractivity contribution >= 4 is 23.4 Å². The number of nitrogens with zero attached hydrogens (tertiary/aromatic N) is 2. The fourth-order valence-corrected chi connectivity index (χ4v) is 2.21. The molecule has 0 saturated carbocycles. The Morgan fingerprint density at radius 2 is 1.88 bits per heavy atom. The number of imide groups is 1. The summed E-state index contributed by atoms with van der Waals surface area (Å²) in [6, 6.07) is 5.69. The Hall–Kier alpha value is -3.07. The molecule has 0 radical (unpaired) electrons. The highest BCUT2D eigenvalue weighted by Gasteiger charge is 2.24. The topological polar surface area (TPSA) is 130 Å². The molecule has 1 unspecified atom stereocenters. The molecule has 0 spiro atoms. The molecule has 1 aliphatic rings. The van der Waals surface area contributed by atoms with Crippen LogP contribution in [0, 0.1) is 10.1 Å². The van der Waals surface area contributed by atoms with Gasteiger partial charge in [0.05, 0.1) is 10.5 Å². The summed E-state index contributed by atoms with van der Waals surface area (Å²) in [5, 5.41) is 23.3. The highest BCUT2D eigenvalue weighted by Crippen LogP contribution is 2.24. The van der Waals surface area contributed by atoms with E-state index in [-0.39, 0.29) is 30.8 Å². The van der Waals surface area contributed by atoms with E-state index in [0.717, 1.165) is 17.1 Å². The maximum atomic E-state index is 11.7. The van der Waals surface area contributed by atoms with Crippen LogP contribution in [0.4, 0.5) is 5.69 Å². The Morgan fingerprint density at radius 1 is 1.25 bits per heavy atom. The molecule has 1 atom stereocenters. The first-order valence-corrected chi connectivity index (χ1v) is 7.11. The highest BCUT2D eigenvalue weighted by atomic mass is 16.6. The number of nitrogens with one attached hydrogen (secondary N) is 1. The van der Waals surface area contributed by atoms with Crippen molar-refractivity contribution in [3.63, 3.8) is 0 Å². The number of carbonyl (C=O) groups excluding carboxylic acids is 3. The number of amides is 3. The van der Waals surface area contributed by atoms with Crippen LogP contribution in [0.1, 0.15) is 18.1 Å². The number of para-hydroxylation sites is 1. The Morgan fingerprint density at radius 3 is 2.50 bits per heavy atom. The summed E-state index contributed by atoms with van der Waals surface area (Å²) in [4.78, 5) is 45.6. The predicted octanol–water partition coefficient (Wildman–Crippen LogP) is 0.0595. The summed E-state index contributed by atoms with van der Waals surface area (Å²) in [5.41, 5.74) is -0.143. The van der Waals surface area contributed by atoms with Crippen molar-refractivity contribution in [3.05, 3.63) is 52.1 Å². The van der Waals surface area contributed by atoms with Gasteiger partial charge < -0.3 is 10.4 Å². The van der Waals surface area contributed by atoms with E-state index in [2.05, 4.69) is 5.32 Å². The molecule has 0 fully saturated rings. The maximum absolute atomic E-state index is 11.7. The summed E-state index contributed by atoms with van der Waals surface area (Å²) in [5.74, 6) is -1.44. The quantitative estimate of drug-likeness (QED) is 0.412. The molecule has 0 aliphatic carbocycles. The summed E-state index contributed by atoms with van der Waals surface area (Å²) < 4.78 is 0. The van der Waals surface area contributed by atoms with E-state index >= 15 is 0 Å². The van der Waals surface area contributed by atoms with Gasteiger partial charge in [-0.1, -0.05) is 12.1 Å². The van der Waals surface area contributed by atoms with Crippen LogP contribution in [0.3, 0.4) is 0 Å². The molecule has 0 saturated heterocycles. The molecule has 1 aromatic rings. The van der Waals surface area contributed by atoms with Crippen molar-refractivity contribution in [2.75, 3.05) is 13.1 Å². The number of aliphatic hydroxyl groups excluding tert-OH is 1. The molecule has 9 nitrogen and oxygen atoms in total. The molecule has 1 aliphatic heterocycles. The summed E-state index contributed by atoms with van der Waals surface area (Å²) in [6.07, 6.45) is 0.882. The number of hydrogen-bond donors (Lipinski definition) is 2. The Labute approximate surface area is 136 Å². The lowest BCUT2D eigenvalue weighted by Gasteiger charge is -2.15. The monoisotopic (exact) mass is 333 g/mol. The zero-order valence-corrected chi connectivity index (χ0v) is 12.5. The second kappa shape index (κ2) is 7.47. The van der Waals surface area contributed by atoms with Gasteiger partial charge in [0.25, 0.3) is 17.5 Å². The SMILES string of the molecule is O=C(CCN1C(=O)C=CC1=O)NCC(O)c1ccccc1[N+](=O)[O-]. The minimum atomic E-state index is -1.24. The second-order valence-corrected chi connectivity index (χ2v) is 5.05. The lowest BCUT2D eigenvalue weighted by atomic mass is 10.1. The van der Waals surface area contributed by atoms with Gasteiger partial charge in [-0.2, -0.15) is 0 Å². The average molecular weight is 333 g/mol. The van der Waals surface area contributed by atoms with Crippen LogP contribution in [-0.4, -0.2) is 45.7 Å². The zero-order chi connectivity index (χ0) is 17.7. The van der Waals surface area contributed by atoms with Crippen LogP contribution in [0.25, 0.3) is 0 Å². The van der Waals surface area contributed by atoms with Gasteiger partial charge in [-0.3, -0.25) is 29.4 Å². The van der Waals surface area contributed by atoms with Gasteiger partial charge in [0.15, 0.2) is 0 Å². The van der Waals surface area contributed by atoms with E-state index < -0.39 is 28.7 Å². The van der Waals surface area contributed by atoms with Gasteiger partial charge in [0.2, 0.25) is 5.91 Å². The Kier molecular flexibility index (Phi) is 5.38. The van der Waals surface area contributed by atoms with Crippen molar-refractivity contribution in [3.8, 4) is 0 Å². The number of aliphatic hydroxyl groups is 1. The Bertz CT molecular complexity index is 697. The van der Waals surface area contributed by atoms with Crippen molar-refractivity contribution in [2.24, 2.45) is 0 Å². The summed E-state index contributed by atoms with van der Waals surface area (Å²) in [7, 11) is 0. The van der Waals surface area contributed by atoms with E-state index in [9.17, 15) is 29.6 Å². The fourth-order valence-electron chi connectivity index (χ4n) is 2.21. The van der Waals surface area contributed by atoms with Gasteiger partial charge in [0.1, 0.15) is 6.10 Å². The van der Waals surface area contributed by atoms with Crippen molar-refractivity contribution in [1.82, 2.24) is 10.2 Å². The van der Waals surface area contributed by atoms with E-state index in [0.29, 0.717) is 0 Å². The van der Waals surface area contributed by atoms with Crippen LogP contribution in [0.5, 0.6) is 0 Å². The molecule has 0 bridgehead atoms. The third-order valence-corrected chi connectivity index (χ3v) is 3.45. The number of nitro benzene ring substituents is 1. The number of nitro groups is 1. The van der Waals surface area contributed by atoms with Crippen LogP contribution in [0.2, 0.25) is 0 Å². The molecule has 9 heteroatoms. The number of benzene rings is 1. The van der Waals surface area contributed by atoms with E-state index in [1.807, 2.05) is 0 Å². The van der Waals surface area contributed by atoms with E-state index in [1.54, 1.807) is 6.07 Å². The van der Waals surface area contributed by atoms with Gasteiger partial charge in [-0.15, -0.1) is 0 Å². The lowest BCUT2D eigenvalue weighted by molar-refractivity contribution is -0.386. The molecule has 0 aromatic heterocycles. The van der Waals surface area contributed by atoms with Crippen LogP contribution in [-0.2, 0) is 14.4 Å². The van der Waals surface area contributed by atoms with Crippen LogP contribution < -0.4 is 5.32 Å². The fraction of sp³-hybridized carbons (Fsp3) is 0.267. The minimum Gasteiger partial charge on any atom is -0.386 e. The average Bonchev–Trinajstić information content (AvgIpc) is 2.89. The van der Waals surface area contributed by atoms with E-state index in [4.69, 9.17) is 0 Å². The molecular weight excluding hydrogens is 318 g/mol. The predicted molar refractivity (Wildman–Crippen MR) is 81.5 cm³/mol. The normalized spacial score (nSPS) is 14.8. The van der Waals surface area contributed by atoms with Gasteiger partial charge >= 0.3 is 0 Å². The van der Waals surface area contributed by atoms with Gasteiger partial charge in [0, 0.05) is 37.7 Å². The first-order valence-electron chi connectivity index (χ1n) is 7.11. The first kappa shape index (κ1) is 17.3. The highest BCUT2D eigenvalue weighted by molar-refractivity contribution is 6.13. The number of carbonyl (C=O) groups is 3. The molecule has 2 N–H and O–H groups in total. The minimum absolute atomic E-state index is 0.0713. The summed E-state index contributed by atoms with van der Waals surface area (Å²) >= 11 is 0. The third kappa shape index (κ3) is 4.02. The second-order valence-electron chi connectivity index (χ2n) is 5.05. The zero-order valence-electron chi connectivity index (χ0n) is 12.5. The molecular formula is C15H15N3O6. The van der Waals surface area contributed by atoms with E-state index in [1.165, 1.54) is 18.2 Å². The molecule has 24 heavy (non-hydrogen) atoms. The smallest absolute Gasteiger partial charge is 0.275 e. The molecule has 1 heterocycles. The number of rotatable bonds is 7. The molecule has 3 amide bonds. The van der Waals surface area contributed by atoms with Crippen LogP contribution in [0.15, 0.2) is 36.4 Å². The van der Waals surface area contributed by atoms with Crippen molar-refractivity contribution < 1.29 is 24.4 Å². The molecule has 1 aromatic carbocycles. The Balaban J connectivity index is 1.85. The number of hydrogen-bond acceptors (Lipinski definition) is 6. The van der Waals surface area contributed by atoms with Gasteiger partial charge in [-0.25, -0.2) is 0 Å². The molecule has 2 rings (SSSR count). The molecule has 126 valence electrons. The first-order chi connectivity index (χ1) is 11.4.